The summed E-state index contributed by atoms with van der Waals surface area (Å²) in [5.74, 6) is 0.580. The second-order valence-corrected chi connectivity index (χ2v) is 4.32. The number of methoxy groups -OCH3 is 1. The smallest absolute Gasteiger partial charge is 0.319 e. The molecule has 0 saturated heterocycles. The van der Waals surface area contributed by atoms with Crippen LogP contribution in [-0.4, -0.2) is 37.6 Å². The third-order valence-electron chi connectivity index (χ3n) is 3.09. The van der Waals surface area contributed by atoms with Crippen LogP contribution in [-0.2, 0) is 9.53 Å². The average molecular weight is 229 g/mol. The summed E-state index contributed by atoms with van der Waals surface area (Å²) in [6, 6.07) is 0. The van der Waals surface area contributed by atoms with E-state index in [1.807, 2.05) is 0 Å². The number of carbonyl (C=O) groups excluding carboxylic acids is 1. The van der Waals surface area contributed by atoms with Crippen LogP contribution >= 0.6 is 0 Å². The second kappa shape index (κ2) is 9.64. The summed E-state index contributed by atoms with van der Waals surface area (Å²) in [5, 5.41) is 0. The summed E-state index contributed by atoms with van der Waals surface area (Å²) in [4.78, 5) is 13.4. The molecule has 96 valence electrons. The lowest BCUT2D eigenvalue weighted by atomic mass is 9.99. The molecular formula is C13H27NO2. The van der Waals surface area contributed by atoms with E-state index in [1.54, 1.807) is 0 Å². The van der Waals surface area contributed by atoms with Gasteiger partial charge in [-0.2, -0.15) is 0 Å². The Balaban J connectivity index is 4.00. The highest BCUT2D eigenvalue weighted by Gasteiger charge is 2.14. The zero-order chi connectivity index (χ0) is 12.4. The number of esters is 1. The van der Waals surface area contributed by atoms with Crippen LogP contribution in [0.1, 0.15) is 46.5 Å². The zero-order valence-electron chi connectivity index (χ0n) is 11.3. The number of hydrogen-bond donors (Lipinski definition) is 0. The highest BCUT2D eigenvalue weighted by molar-refractivity contribution is 5.71. The first kappa shape index (κ1) is 15.4. The number of hydrogen-bond acceptors (Lipinski definition) is 3. The zero-order valence-corrected chi connectivity index (χ0v) is 11.3. The molecule has 0 heterocycles. The van der Waals surface area contributed by atoms with Crippen LogP contribution in [0.3, 0.4) is 0 Å². The van der Waals surface area contributed by atoms with E-state index in [2.05, 4.69) is 25.7 Å². The van der Waals surface area contributed by atoms with Gasteiger partial charge in [0.1, 0.15) is 0 Å². The first-order chi connectivity index (χ1) is 7.67. The molecule has 1 unspecified atom stereocenters. The molecule has 0 aliphatic carbocycles. The molecule has 0 amide bonds. The SMILES string of the molecule is CCCCC(CC)CN(CC)CC(=O)OC. The Morgan fingerprint density at radius 2 is 2.00 bits per heavy atom. The molecule has 0 aromatic heterocycles. The van der Waals surface area contributed by atoms with Gasteiger partial charge in [0.15, 0.2) is 0 Å². The van der Waals surface area contributed by atoms with Gasteiger partial charge < -0.3 is 4.74 Å². The number of unbranched alkanes of at least 4 members (excludes halogenated alkanes) is 1. The van der Waals surface area contributed by atoms with E-state index in [4.69, 9.17) is 4.74 Å². The van der Waals surface area contributed by atoms with Crippen LogP contribution in [0.25, 0.3) is 0 Å². The van der Waals surface area contributed by atoms with Gasteiger partial charge >= 0.3 is 5.97 Å². The first-order valence-electron chi connectivity index (χ1n) is 6.46. The molecule has 0 N–H and O–H groups in total. The lowest BCUT2D eigenvalue weighted by Gasteiger charge is -2.24. The van der Waals surface area contributed by atoms with Crippen LogP contribution in [0.15, 0.2) is 0 Å². The van der Waals surface area contributed by atoms with Gasteiger partial charge in [-0.25, -0.2) is 0 Å². The van der Waals surface area contributed by atoms with Crippen molar-refractivity contribution < 1.29 is 9.53 Å². The Labute approximate surface area is 100 Å². The van der Waals surface area contributed by atoms with Gasteiger partial charge in [-0.15, -0.1) is 0 Å². The van der Waals surface area contributed by atoms with Gasteiger partial charge in [-0.1, -0.05) is 40.0 Å². The summed E-state index contributed by atoms with van der Waals surface area (Å²) in [7, 11) is 1.45. The lowest BCUT2D eigenvalue weighted by Crippen LogP contribution is -2.34. The fourth-order valence-electron chi connectivity index (χ4n) is 1.84. The number of ether oxygens (including phenoxy) is 1. The van der Waals surface area contributed by atoms with Crippen molar-refractivity contribution >= 4 is 5.97 Å². The fraction of sp³-hybridized carbons (Fsp3) is 0.923. The molecule has 0 aromatic rings. The lowest BCUT2D eigenvalue weighted by molar-refractivity contribution is -0.142. The predicted octanol–water partition coefficient (Wildman–Crippen LogP) is 2.70. The van der Waals surface area contributed by atoms with Crippen LogP contribution in [0.2, 0.25) is 0 Å². The Hall–Kier alpha value is -0.570. The van der Waals surface area contributed by atoms with Gasteiger partial charge in [-0.3, -0.25) is 9.69 Å². The molecule has 0 bridgehead atoms. The Bertz CT molecular complexity index is 183. The van der Waals surface area contributed by atoms with Crippen molar-refractivity contribution in [2.24, 2.45) is 5.92 Å². The minimum Gasteiger partial charge on any atom is -0.468 e. The van der Waals surface area contributed by atoms with E-state index in [1.165, 1.54) is 32.8 Å². The maximum atomic E-state index is 11.2. The maximum absolute atomic E-state index is 11.2. The van der Waals surface area contributed by atoms with Crippen LogP contribution < -0.4 is 0 Å². The van der Waals surface area contributed by atoms with E-state index in [9.17, 15) is 4.79 Å². The predicted molar refractivity (Wildman–Crippen MR) is 67.4 cm³/mol. The quantitative estimate of drug-likeness (QED) is 0.569. The molecule has 16 heavy (non-hydrogen) atoms. The molecule has 1 atom stereocenters. The third-order valence-corrected chi connectivity index (χ3v) is 3.09. The van der Waals surface area contributed by atoms with Gasteiger partial charge in [0.2, 0.25) is 0 Å². The van der Waals surface area contributed by atoms with Crippen molar-refractivity contribution in [3.05, 3.63) is 0 Å². The minimum atomic E-state index is -0.132. The van der Waals surface area contributed by atoms with Crippen molar-refractivity contribution in [1.29, 1.82) is 0 Å². The second-order valence-electron chi connectivity index (χ2n) is 4.32. The van der Waals surface area contributed by atoms with E-state index in [0.29, 0.717) is 12.5 Å². The fourth-order valence-corrected chi connectivity index (χ4v) is 1.84. The standard InChI is InChI=1S/C13H27NO2/c1-5-8-9-12(6-2)10-14(7-3)11-13(15)16-4/h12H,5-11H2,1-4H3. The average Bonchev–Trinajstić information content (AvgIpc) is 2.32. The van der Waals surface area contributed by atoms with E-state index >= 15 is 0 Å². The maximum Gasteiger partial charge on any atom is 0.319 e. The number of likely N-dealkylation sites (N-methyl/N-ethyl adjacent to an activating group) is 1. The Morgan fingerprint density at radius 1 is 1.31 bits per heavy atom. The molecule has 0 rings (SSSR count). The molecule has 0 aliphatic heterocycles. The van der Waals surface area contributed by atoms with Gasteiger partial charge in [0, 0.05) is 6.54 Å². The van der Waals surface area contributed by atoms with Gasteiger partial charge in [0.25, 0.3) is 0 Å². The van der Waals surface area contributed by atoms with Crippen LogP contribution in [0.5, 0.6) is 0 Å². The van der Waals surface area contributed by atoms with Gasteiger partial charge in [0.05, 0.1) is 13.7 Å². The monoisotopic (exact) mass is 229 g/mol. The highest BCUT2D eigenvalue weighted by Crippen LogP contribution is 2.14. The molecule has 3 heteroatoms. The summed E-state index contributed by atoms with van der Waals surface area (Å²) in [6.45, 7) is 8.90. The molecule has 0 aromatic carbocycles. The number of carbonyl (C=O) groups is 1. The van der Waals surface area contributed by atoms with E-state index in [0.717, 1.165) is 13.1 Å². The highest BCUT2D eigenvalue weighted by atomic mass is 16.5. The van der Waals surface area contributed by atoms with E-state index in [-0.39, 0.29) is 5.97 Å². The Morgan fingerprint density at radius 3 is 2.44 bits per heavy atom. The molecule has 0 fully saturated rings. The number of rotatable bonds is 9. The summed E-state index contributed by atoms with van der Waals surface area (Å²) in [5.41, 5.74) is 0. The summed E-state index contributed by atoms with van der Waals surface area (Å²) < 4.78 is 4.70. The molecule has 0 spiro atoms. The van der Waals surface area contributed by atoms with Crippen molar-refractivity contribution in [3.8, 4) is 0 Å². The van der Waals surface area contributed by atoms with Crippen LogP contribution in [0.4, 0.5) is 0 Å². The molecular weight excluding hydrogens is 202 g/mol. The van der Waals surface area contributed by atoms with Crippen molar-refractivity contribution in [1.82, 2.24) is 4.90 Å². The van der Waals surface area contributed by atoms with E-state index < -0.39 is 0 Å². The first-order valence-corrected chi connectivity index (χ1v) is 6.46. The molecule has 0 saturated carbocycles. The minimum absolute atomic E-state index is 0.132. The van der Waals surface area contributed by atoms with Crippen molar-refractivity contribution in [3.63, 3.8) is 0 Å². The molecule has 0 radical (unpaired) electrons. The molecule has 0 aliphatic rings. The summed E-state index contributed by atoms with van der Waals surface area (Å²) >= 11 is 0. The van der Waals surface area contributed by atoms with Crippen LogP contribution in [0, 0.1) is 5.92 Å². The number of nitrogens with zero attached hydrogens (tertiary/aromatic N) is 1. The van der Waals surface area contributed by atoms with Gasteiger partial charge in [-0.05, 0) is 18.9 Å². The Kier molecular flexibility index (Phi) is 9.30. The largest absolute Gasteiger partial charge is 0.468 e. The topological polar surface area (TPSA) is 29.5 Å². The normalized spacial score (nSPS) is 12.8. The third kappa shape index (κ3) is 6.83. The van der Waals surface area contributed by atoms with Crippen molar-refractivity contribution in [2.45, 2.75) is 46.5 Å². The summed E-state index contributed by atoms with van der Waals surface area (Å²) in [6.07, 6.45) is 5.00. The van der Waals surface area contributed by atoms with Crippen molar-refractivity contribution in [2.75, 3.05) is 26.7 Å². The molecule has 3 nitrogen and oxygen atoms in total.